The van der Waals surface area contributed by atoms with Crippen molar-refractivity contribution < 1.29 is 14.4 Å². The third-order valence-corrected chi connectivity index (χ3v) is 5.90. The predicted molar refractivity (Wildman–Crippen MR) is 120 cm³/mol. The molecule has 0 atom stereocenters. The van der Waals surface area contributed by atoms with Crippen molar-refractivity contribution in [2.24, 2.45) is 0 Å². The standard InChI is InChI=1S/C20H17Cl2N5O3S/c1-2-29-14-10-15(31-17(14)19-26-20(28)30-27-19)18-24-8-6-16(25-18)23-7-5-11-3-4-12(21)9-13(11)22/h3-4,6,8-10H,2,5,7H2,1H3,(H,23,24,25)(H,26,27,28). The Bertz CT molecular complexity index is 1200. The minimum atomic E-state index is -0.504. The van der Waals surface area contributed by atoms with Crippen LogP contribution in [0.4, 0.5) is 5.82 Å². The number of anilines is 1. The summed E-state index contributed by atoms with van der Waals surface area (Å²) < 4.78 is 10.3. The number of nitrogens with zero attached hydrogens (tertiary/aromatic N) is 4. The number of rotatable bonds is 8. The van der Waals surface area contributed by atoms with Crippen LogP contribution in [0.15, 0.2) is 41.1 Å². The third-order valence-electron chi connectivity index (χ3n) is 4.21. The number of aromatic nitrogens is 4. The highest BCUT2D eigenvalue weighted by Gasteiger charge is 2.20. The van der Waals surface area contributed by atoms with Crippen LogP contribution in [0, 0.1) is 0 Å². The maximum Gasteiger partial charge on any atom is 0.415 e. The fourth-order valence-electron chi connectivity index (χ4n) is 2.84. The Balaban J connectivity index is 1.51. The smallest absolute Gasteiger partial charge is 0.415 e. The number of thiophene rings is 1. The van der Waals surface area contributed by atoms with E-state index in [1.165, 1.54) is 11.3 Å². The first-order chi connectivity index (χ1) is 15.0. The van der Waals surface area contributed by atoms with Gasteiger partial charge in [0.05, 0.1) is 11.5 Å². The number of nitrogens with one attached hydrogen (secondary N) is 1. The molecule has 4 aromatic rings. The van der Waals surface area contributed by atoms with Crippen LogP contribution >= 0.6 is 34.5 Å². The molecule has 1 aromatic carbocycles. The zero-order valence-corrected chi connectivity index (χ0v) is 18.6. The molecule has 0 aliphatic heterocycles. The number of hydrogen-bond acceptors (Lipinski definition) is 9. The fraction of sp³-hybridized carbons (Fsp3) is 0.200. The van der Waals surface area contributed by atoms with E-state index in [9.17, 15) is 5.11 Å². The maximum atomic E-state index is 9.37. The summed E-state index contributed by atoms with van der Waals surface area (Å²) in [5, 5.41) is 17.7. The van der Waals surface area contributed by atoms with Gasteiger partial charge in [0.25, 0.3) is 0 Å². The molecule has 0 aliphatic rings. The monoisotopic (exact) mass is 477 g/mol. The van der Waals surface area contributed by atoms with Crippen molar-refractivity contribution in [3.63, 3.8) is 0 Å². The molecule has 0 fully saturated rings. The summed E-state index contributed by atoms with van der Waals surface area (Å²) >= 11 is 13.5. The number of aromatic hydroxyl groups is 1. The van der Waals surface area contributed by atoms with Crippen molar-refractivity contribution in [1.29, 1.82) is 0 Å². The molecule has 8 nitrogen and oxygen atoms in total. The second-order valence-electron chi connectivity index (χ2n) is 6.32. The highest BCUT2D eigenvalue weighted by Crippen LogP contribution is 2.41. The first-order valence-corrected chi connectivity index (χ1v) is 10.9. The highest BCUT2D eigenvalue weighted by atomic mass is 35.5. The normalized spacial score (nSPS) is 10.9. The van der Waals surface area contributed by atoms with Gasteiger partial charge in [-0.3, -0.25) is 4.52 Å². The molecule has 0 aliphatic carbocycles. The van der Waals surface area contributed by atoms with Crippen molar-refractivity contribution in [1.82, 2.24) is 20.1 Å². The van der Waals surface area contributed by atoms with Crippen molar-refractivity contribution in [2.45, 2.75) is 13.3 Å². The van der Waals surface area contributed by atoms with Gasteiger partial charge in [0.1, 0.15) is 16.4 Å². The van der Waals surface area contributed by atoms with Crippen LogP contribution in [0.25, 0.3) is 21.4 Å². The van der Waals surface area contributed by atoms with Gasteiger partial charge in [0, 0.05) is 28.9 Å². The second kappa shape index (κ2) is 9.51. The first-order valence-electron chi connectivity index (χ1n) is 9.34. The van der Waals surface area contributed by atoms with Gasteiger partial charge in [-0.2, -0.15) is 4.98 Å². The van der Waals surface area contributed by atoms with Crippen LogP contribution in [-0.2, 0) is 6.42 Å². The van der Waals surface area contributed by atoms with Crippen LogP contribution in [0.1, 0.15) is 12.5 Å². The number of benzene rings is 1. The lowest BCUT2D eigenvalue weighted by atomic mass is 10.1. The molecule has 160 valence electrons. The van der Waals surface area contributed by atoms with E-state index in [1.54, 1.807) is 18.3 Å². The summed E-state index contributed by atoms with van der Waals surface area (Å²) in [7, 11) is 0. The molecule has 0 bridgehead atoms. The van der Waals surface area contributed by atoms with Crippen LogP contribution in [0.3, 0.4) is 0 Å². The van der Waals surface area contributed by atoms with E-state index >= 15 is 0 Å². The zero-order valence-electron chi connectivity index (χ0n) is 16.3. The lowest BCUT2D eigenvalue weighted by molar-refractivity contribution is 0.267. The van der Waals surface area contributed by atoms with E-state index in [2.05, 4.69) is 29.9 Å². The second-order valence-corrected chi connectivity index (χ2v) is 8.21. The van der Waals surface area contributed by atoms with Crippen LogP contribution < -0.4 is 10.1 Å². The molecule has 0 spiro atoms. The highest BCUT2D eigenvalue weighted by molar-refractivity contribution is 7.19. The third kappa shape index (κ3) is 5.07. The van der Waals surface area contributed by atoms with Crippen LogP contribution in [0.5, 0.6) is 11.8 Å². The Kier molecular flexibility index (Phi) is 6.55. The van der Waals surface area contributed by atoms with Gasteiger partial charge in [-0.15, -0.1) is 11.3 Å². The molecular formula is C20H17Cl2N5O3S. The molecule has 0 radical (unpaired) electrons. The molecule has 2 N–H and O–H groups in total. The van der Waals surface area contributed by atoms with Crippen molar-refractivity contribution in [3.8, 4) is 33.2 Å². The molecule has 0 unspecified atom stereocenters. The summed E-state index contributed by atoms with van der Waals surface area (Å²) in [5.74, 6) is 2.02. The molecule has 11 heteroatoms. The van der Waals surface area contributed by atoms with Crippen molar-refractivity contribution in [2.75, 3.05) is 18.5 Å². The number of hydrogen-bond donors (Lipinski definition) is 2. The van der Waals surface area contributed by atoms with Gasteiger partial charge in [-0.25, -0.2) is 9.97 Å². The van der Waals surface area contributed by atoms with E-state index in [0.29, 0.717) is 51.9 Å². The summed E-state index contributed by atoms with van der Waals surface area (Å²) in [6.07, 6.45) is 1.89. The zero-order chi connectivity index (χ0) is 21.8. The molecule has 31 heavy (non-hydrogen) atoms. The lowest BCUT2D eigenvalue weighted by Crippen LogP contribution is -2.07. The van der Waals surface area contributed by atoms with Gasteiger partial charge >= 0.3 is 6.08 Å². The fourth-order valence-corrected chi connectivity index (χ4v) is 4.31. The van der Waals surface area contributed by atoms with E-state index < -0.39 is 6.08 Å². The average molecular weight is 478 g/mol. The molecule has 0 amide bonds. The minimum absolute atomic E-state index is 0.242. The lowest BCUT2D eigenvalue weighted by Gasteiger charge is -2.08. The first kappa shape index (κ1) is 21.4. The van der Waals surface area contributed by atoms with Crippen molar-refractivity contribution in [3.05, 3.63) is 52.1 Å². The van der Waals surface area contributed by atoms with Gasteiger partial charge in [-0.1, -0.05) is 34.4 Å². The molecule has 4 rings (SSSR count). The molecule has 3 heterocycles. The van der Waals surface area contributed by atoms with E-state index in [-0.39, 0.29) is 5.82 Å². The Labute approximate surface area is 191 Å². The molecule has 0 saturated heterocycles. The topological polar surface area (TPSA) is 106 Å². The summed E-state index contributed by atoms with van der Waals surface area (Å²) in [6, 6.07) is 9.08. The summed E-state index contributed by atoms with van der Waals surface area (Å²) in [5.41, 5.74) is 1.00. The number of ether oxygens (including phenoxy) is 1. The quantitative estimate of drug-likeness (QED) is 0.351. The Hall–Kier alpha value is -2.88. The predicted octanol–water partition coefficient (Wildman–Crippen LogP) is 5.32. The van der Waals surface area contributed by atoms with Crippen LogP contribution in [0.2, 0.25) is 10.0 Å². The number of halogens is 2. The van der Waals surface area contributed by atoms with E-state index in [4.69, 9.17) is 27.9 Å². The summed E-state index contributed by atoms with van der Waals surface area (Å²) in [4.78, 5) is 14.2. The largest absolute Gasteiger partial charge is 0.492 e. The Morgan fingerprint density at radius 1 is 1.16 bits per heavy atom. The molecule has 0 saturated carbocycles. The maximum absolute atomic E-state index is 9.37. The SMILES string of the molecule is CCOc1cc(-c2nccc(NCCc3ccc(Cl)cc3Cl)n2)sc1-c1noc(O)n1. The van der Waals surface area contributed by atoms with Crippen LogP contribution in [-0.4, -0.2) is 38.4 Å². The Morgan fingerprint density at radius 2 is 2.03 bits per heavy atom. The van der Waals surface area contributed by atoms with E-state index in [1.807, 2.05) is 25.1 Å². The van der Waals surface area contributed by atoms with Gasteiger partial charge in [0.15, 0.2) is 5.82 Å². The minimum Gasteiger partial charge on any atom is -0.492 e. The Morgan fingerprint density at radius 3 is 2.77 bits per heavy atom. The van der Waals surface area contributed by atoms with Crippen molar-refractivity contribution >= 4 is 40.4 Å². The van der Waals surface area contributed by atoms with Gasteiger partial charge in [0.2, 0.25) is 5.82 Å². The average Bonchev–Trinajstić information content (AvgIpc) is 3.36. The molecular weight excluding hydrogens is 461 g/mol. The summed E-state index contributed by atoms with van der Waals surface area (Å²) in [6.45, 7) is 2.98. The van der Waals surface area contributed by atoms with Gasteiger partial charge in [-0.05, 0) is 37.1 Å². The van der Waals surface area contributed by atoms with E-state index in [0.717, 1.165) is 10.4 Å². The molecule has 3 aromatic heterocycles. The van der Waals surface area contributed by atoms with Gasteiger partial charge < -0.3 is 15.2 Å².